The Labute approximate surface area is 139 Å². The number of hydrogen-bond acceptors (Lipinski definition) is 4. The second-order valence-electron chi connectivity index (χ2n) is 5.15. The van der Waals surface area contributed by atoms with Crippen LogP contribution in [0.5, 0.6) is 0 Å². The normalized spacial score (nSPS) is 17.3. The Bertz CT molecular complexity index is 556. The van der Waals surface area contributed by atoms with Gasteiger partial charge < -0.3 is 15.0 Å². The minimum absolute atomic E-state index is 0.0663. The first-order chi connectivity index (χ1) is 11.1. The van der Waals surface area contributed by atoms with E-state index >= 15 is 0 Å². The number of amides is 2. The smallest absolute Gasteiger partial charge is 0.248 e. The van der Waals surface area contributed by atoms with Gasteiger partial charge in [0.2, 0.25) is 11.8 Å². The van der Waals surface area contributed by atoms with Crippen molar-refractivity contribution in [2.45, 2.75) is 25.8 Å². The van der Waals surface area contributed by atoms with Gasteiger partial charge in [0.25, 0.3) is 0 Å². The monoisotopic (exact) mass is 340 g/mol. The zero-order valence-corrected chi connectivity index (χ0v) is 13.9. The molecule has 23 heavy (non-hydrogen) atoms. The molecular weight excluding hydrogens is 319 g/mol. The van der Waals surface area contributed by atoms with Crippen LogP contribution < -0.4 is 5.32 Å². The van der Waals surface area contributed by atoms with Gasteiger partial charge in [-0.15, -0.1) is 11.8 Å². The number of anilines is 1. The highest BCUT2D eigenvalue weighted by atomic mass is 32.2. The third-order valence-corrected chi connectivity index (χ3v) is 4.53. The Kier molecular flexibility index (Phi) is 6.85. The summed E-state index contributed by atoms with van der Waals surface area (Å²) in [5.41, 5.74) is 0.137. The lowest BCUT2D eigenvalue weighted by molar-refractivity contribution is -0.136. The molecule has 5 nitrogen and oxygen atoms in total. The van der Waals surface area contributed by atoms with E-state index in [4.69, 9.17) is 4.74 Å². The maximum Gasteiger partial charge on any atom is 0.248 e. The summed E-state index contributed by atoms with van der Waals surface area (Å²) in [6.07, 6.45) is 0.986. The van der Waals surface area contributed by atoms with E-state index in [2.05, 4.69) is 5.32 Å². The summed E-state index contributed by atoms with van der Waals surface area (Å²) in [7, 11) is 0. The van der Waals surface area contributed by atoms with E-state index in [0.29, 0.717) is 37.7 Å². The Hall–Kier alpha value is -1.60. The molecule has 0 aromatic heterocycles. The fourth-order valence-corrected chi connectivity index (χ4v) is 3.48. The summed E-state index contributed by atoms with van der Waals surface area (Å²) in [5, 5.41) is 2.57. The summed E-state index contributed by atoms with van der Waals surface area (Å²) < 4.78 is 18.8. The van der Waals surface area contributed by atoms with E-state index < -0.39 is 11.9 Å². The summed E-state index contributed by atoms with van der Waals surface area (Å²) >= 11 is 1.52. The number of nitrogens with one attached hydrogen (secondary N) is 1. The Morgan fingerprint density at radius 3 is 2.96 bits per heavy atom. The molecule has 1 saturated heterocycles. The average Bonchev–Trinajstić information content (AvgIpc) is 3.03. The number of thioether (sulfide) groups is 1. The van der Waals surface area contributed by atoms with Gasteiger partial charge in [-0.3, -0.25) is 9.59 Å². The van der Waals surface area contributed by atoms with Gasteiger partial charge in [-0.2, -0.15) is 0 Å². The molecule has 126 valence electrons. The summed E-state index contributed by atoms with van der Waals surface area (Å²) in [5.74, 6) is 0.114. The second kappa shape index (κ2) is 8.88. The number of hydrogen-bond donors (Lipinski definition) is 1. The maximum absolute atomic E-state index is 13.6. The standard InChI is InChI=1S/C16H21FN2O3S/c1-2-22-9-5-8-15(20)19-11-23-10-14(19)16(21)18-13-7-4-3-6-12(13)17/h3-4,6-7,14H,2,5,8-11H2,1H3,(H,18,21). The van der Waals surface area contributed by atoms with Crippen LogP contribution in [-0.2, 0) is 14.3 Å². The molecule has 1 aliphatic rings. The molecule has 1 aromatic rings. The highest BCUT2D eigenvalue weighted by Crippen LogP contribution is 2.24. The number of carbonyl (C=O) groups excluding carboxylic acids is 2. The van der Waals surface area contributed by atoms with Gasteiger partial charge in [-0.05, 0) is 25.5 Å². The quantitative estimate of drug-likeness (QED) is 0.775. The number of carbonyl (C=O) groups is 2. The summed E-state index contributed by atoms with van der Waals surface area (Å²) in [4.78, 5) is 26.2. The third kappa shape index (κ3) is 4.94. The summed E-state index contributed by atoms with van der Waals surface area (Å²) in [6.45, 7) is 3.07. The Morgan fingerprint density at radius 1 is 1.43 bits per heavy atom. The van der Waals surface area contributed by atoms with Gasteiger partial charge >= 0.3 is 0 Å². The van der Waals surface area contributed by atoms with Crippen molar-refractivity contribution in [3.63, 3.8) is 0 Å². The van der Waals surface area contributed by atoms with E-state index in [0.717, 1.165) is 0 Å². The molecule has 7 heteroatoms. The van der Waals surface area contributed by atoms with Gasteiger partial charge in [0.05, 0.1) is 11.6 Å². The average molecular weight is 340 g/mol. The first kappa shape index (κ1) is 17.7. The van der Waals surface area contributed by atoms with Gasteiger partial charge in [-0.1, -0.05) is 12.1 Å². The minimum atomic E-state index is -0.556. The van der Waals surface area contributed by atoms with Crippen LogP contribution in [0.25, 0.3) is 0 Å². The minimum Gasteiger partial charge on any atom is -0.382 e. The van der Waals surface area contributed by atoms with Crippen molar-refractivity contribution >= 4 is 29.3 Å². The molecule has 1 aromatic carbocycles. The van der Waals surface area contributed by atoms with Gasteiger partial charge in [-0.25, -0.2) is 4.39 Å². The zero-order valence-electron chi connectivity index (χ0n) is 13.1. The number of nitrogens with zero attached hydrogens (tertiary/aromatic N) is 1. The molecular formula is C16H21FN2O3S. The number of halogens is 1. The van der Waals surface area contributed by atoms with Crippen molar-refractivity contribution in [3.8, 4) is 0 Å². The molecule has 1 fully saturated rings. The van der Waals surface area contributed by atoms with Crippen molar-refractivity contribution in [1.82, 2.24) is 4.90 Å². The van der Waals surface area contributed by atoms with Crippen LogP contribution in [0.15, 0.2) is 24.3 Å². The van der Waals surface area contributed by atoms with E-state index in [9.17, 15) is 14.0 Å². The lowest BCUT2D eigenvalue weighted by Crippen LogP contribution is -2.44. The van der Waals surface area contributed by atoms with Crippen LogP contribution in [0.1, 0.15) is 19.8 Å². The van der Waals surface area contributed by atoms with Crippen LogP contribution in [-0.4, -0.2) is 47.6 Å². The lowest BCUT2D eigenvalue weighted by Gasteiger charge is -2.23. The molecule has 1 atom stereocenters. The molecule has 0 bridgehead atoms. The number of ether oxygens (including phenoxy) is 1. The molecule has 0 saturated carbocycles. The molecule has 0 spiro atoms. The first-order valence-corrected chi connectivity index (χ1v) is 8.79. The highest BCUT2D eigenvalue weighted by Gasteiger charge is 2.34. The number of benzene rings is 1. The molecule has 0 radical (unpaired) electrons. The lowest BCUT2D eigenvalue weighted by atomic mass is 10.2. The SMILES string of the molecule is CCOCCCC(=O)N1CSCC1C(=O)Nc1ccccc1F. The fraction of sp³-hybridized carbons (Fsp3) is 0.500. The van der Waals surface area contributed by atoms with E-state index in [1.165, 1.54) is 23.9 Å². The largest absolute Gasteiger partial charge is 0.382 e. The van der Waals surface area contributed by atoms with Crippen LogP contribution >= 0.6 is 11.8 Å². The van der Waals surface area contributed by atoms with E-state index in [1.807, 2.05) is 6.92 Å². The molecule has 1 unspecified atom stereocenters. The van der Waals surface area contributed by atoms with Crippen LogP contribution in [0.4, 0.5) is 10.1 Å². The Balaban J connectivity index is 1.91. The fourth-order valence-electron chi connectivity index (χ4n) is 2.30. The third-order valence-electron chi connectivity index (χ3n) is 3.52. The van der Waals surface area contributed by atoms with Crippen molar-refractivity contribution in [1.29, 1.82) is 0 Å². The topological polar surface area (TPSA) is 58.6 Å². The van der Waals surface area contributed by atoms with Crippen molar-refractivity contribution in [2.24, 2.45) is 0 Å². The van der Waals surface area contributed by atoms with E-state index in [-0.39, 0.29) is 17.5 Å². The molecule has 2 amide bonds. The number of rotatable bonds is 7. The zero-order chi connectivity index (χ0) is 16.7. The molecule has 2 rings (SSSR count). The van der Waals surface area contributed by atoms with E-state index in [1.54, 1.807) is 17.0 Å². The van der Waals surface area contributed by atoms with Crippen LogP contribution in [0.2, 0.25) is 0 Å². The van der Waals surface area contributed by atoms with Crippen molar-refractivity contribution in [3.05, 3.63) is 30.1 Å². The van der Waals surface area contributed by atoms with Crippen LogP contribution in [0, 0.1) is 5.82 Å². The molecule has 1 N–H and O–H groups in total. The van der Waals surface area contributed by atoms with Gasteiger partial charge in [0.1, 0.15) is 11.9 Å². The van der Waals surface area contributed by atoms with Gasteiger partial charge in [0, 0.05) is 25.4 Å². The molecule has 0 aliphatic carbocycles. The van der Waals surface area contributed by atoms with Crippen molar-refractivity contribution in [2.75, 3.05) is 30.2 Å². The summed E-state index contributed by atoms with van der Waals surface area (Å²) in [6, 6.07) is 5.45. The predicted molar refractivity (Wildman–Crippen MR) is 88.7 cm³/mol. The number of para-hydroxylation sites is 1. The Morgan fingerprint density at radius 2 is 2.22 bits per heavy atom. The highest BCUT2D eigenvalue weighted by molar-refractivity contribution is 7.99. The van der Waals surface area contributed by atoms with Crippen LogP contribution in [0.3, 0.4) is 0 Å². The molecule has 1 aliphatic heterocycles. The second-order valence-corrected chi connectivity index (χ2v) is 6.15. The van der Waals surface area contributed by atoms with Gasteiger partial charge in [0.15, 0.2) is 0 Å². The predicted octanol–water partition coefficient (Wildman–Crippen LogP) is 2.48. The molecule has 1 heterocycles. The maximum atomic E-state index is 13.6. The first-order valence-electron chi connectivity index (χ1n) is 7.63. The van der Waals surface area contributed by atoms with Crippen molar-refractivity contribution < 1.29 is 18.7 Å².